The molecule has 0 fully saturated rings. The van der Waals surface area contributed by atoms with Gasteiger partial charge in [-0.1, -0.05) is 17.7 Å². The van der Waals surface area contributed by atoms with Gasteiger partial charge in [0.1, 0.15) is 12.2 Å². The molecule has 2 N–H and O–H groups in total. The first-order valence-corrected chi connectivity index (χ1v) is 4.99. The predicted molar refractivity (Wildman–Crippen MR) is 59.8 cm³/mol. The minimum Gasteiger partial charge on any atom is -0.385 e. The molecule has 2 rings (SSSR count). The lowest BCUT2D eigenvalue weighted by Gasteiger charge is -2.04. The van der Waals surface area contributed by atoms with Crippen LogP contribution in [0.3, 0.4) is 0 Å². The number of H-pyrrole nitrogens is 1. The molecule has 0 saturated carbocycles. The zero-order chi connectivity index (χ0) is 10.5. The number of hydrogen-bond acceptors (Lipinski definition) is 3. The number of anilines is 1. The summed E-state index contributed by atoms with van der Waals surface area (Å²) in [5.74, 6) is 0.912. The molecule has 4 nitrogen and oxygen atoms in total. The van der Waals surface area contributed by atoms with Crippen molar-refractivity contribution in [1.82, 2.24) is 15.2 Å². The van der Waals surface area contributed by atoms with Gasteiger partial charge in [-0.25, -0.2) is 4.98 Å². The van der Waals surface area contributed by atoms with Crippen molar-refractivity contribution >= 4 is 5.69 Å². The van der Waals surface area contributed by atoms with Crippen LogP contribution in [0, 0.1) is 6.92 Å². The molecule has 0 aliphatic carbocycles. The first kappa shape index (κ1) is 9.71. The van der Waals surface area contributed by atoms with Gasteiger partial charge in [-0.2, -0.15) is 5.10 Å². The maximum absolute atomic E-state index is 4.05. The zero-order valence-corrected chi connectivity index (χ0v) is 8.70. The molecule has 2 aromatic rings. The summed E-state index contributed by atoms with van der Waals surface area (Å²) in [6.45, 7) is 2.94. The number of benzene rings is 1. The average molecular weight is 202 g/mol. The monoisotopic (exact) mass is 202 g/mol. The topological polar surface area (TPSA) is 53.6 Å². The van der Waals surface area contributed by atoms with E-state index in [9.17, 15) is 0 Å². The van der Waals surface area contributed by atoms with E-state index in [4.69, 9.17) is 0 Å². The summed E-state index contributed by atoms with van der Waals surface area (Å²) in [4.78, 5) is 4.05. The second kappa shape index (κ2) is 4.59. The smallest absolute Gasteiger partial charge is 0.137 e. The Bertz CT molecular complexity index is 391. The highest BCUT2D eigenvalue weighted by Crippen LogP contribution is 2.08. The second-order valence-corrected chi connectivity index (χ2v) is 3.47. The molecule has 1 aromatic heterocycles. The molecule has 0 saturated heterocycles. The lowest BCUT2D eigenvalue weighted by atomic mass is 10.2. The number of aromatic nitrogens is 3. The van der Waals surface area contributed by atoms with E-state index in [-0.39, 0.29) is 0 Å². The molecular formula is C11H14N4. The molecule has 0 unspecified atom stereocenters. The van der Waals surface area contributed by atoms with Crippen LogP contribution >= 0.6 is 0 Å². The second-order valence-electron chi connectivity index (χ2n) is 3.47. The highest BCUT2D eigenvalue weighted by Gasteiger charge is 1.95. The van der Waals surface area contributed by atoms with Crippen molar-refractivity contribution in [2.45, 2.75) is 13.3 Å². The van der Waals surface area contributed by atoms with Gasteiger partial charge in [0.15, 0.2) is 0 Å². The van der Waals surface area contributed by atoms with Crippen molar-refractivity contribution in [3.05, 3.63) is 42.0 Å². The summed E-state index contributed by atoms with van der Waals surface area (Å²) in [5.41, 5.74) is 2.41. The minimum atomic E-state index is 0.855. The largest absolute Gasteiger partial charge is 0.385 e. The highest BCUT2D eigenvalue weighted by atomic mass is 15.2. The molecular weight excluding hydrogens is 188 g/mol. The van der Waals surface area contributed by atoms with Gasteiger partial charge < -0.3 is 5.32 Å². The van der Waals surface area contributed by atoms with Gasteiger partial charge in [-0.3, -0.25) is 5.10 Å². The van der Waals surface area contributed by atoms with Gasteiger partial charge in [-0.15, -0.1) is 0 Å². The van der Waals surface area contributed by atoms with Gasteiger partial charge in [0.2, 0.25) is 0 Å². The summed E-state index contributed by atoms with van der Waals surface area (Å²) >= 11 is 0. The maximum atomic E-state index is 4.05. The van der Waals surface area contributed by atoms with Crippen molar-refractivity contribution in [1.29, 1.82) is 0 Å². The minimum absolute atomic E-state index is 0.855. The summed E-state index contributed by atoms with van der Waals surface area (Å²) in [5, 5.41) is 9.95. The van der Waals surface area contributed by atoms with Gasteiger partial charge in [-0.05, 0) is 19.1 Å². The summed E-state index contributed by atoms with van der Waals surface area (Å²) in [6.07, 6.45) is 2.38. The van der Waals surface area contributed by atoms with Crippen LogP contribution in [-0.4, -0.2) is 21.7 Å². The van der Waals surface area contributed by atoms with Crippen LogP contribution in [0.4, 0.5) is 5.69 Å². The number of nitrogens with zero attached hydrogens (tertiary/aromatic N) is 2. The fourth-order valence-corrected chi connectivity index (χ4v) is 1.35. The average Bonchev–Trinajstić information content (AvgIpc) is 2.74. The molecule has 4 heteroatoms. The molecule has 1 aromatic carbocycles. The van der Waals surface area contributed by atoms with Crippen molar-refractivity contribution in [3.8, 4) is 0 Å². The van der Waals surface area contributed by atoms with Gasteiger partial charge in [0.25, 0.3) is 0 Å². The highest BCUT2D eigenvalue weighted by molar-refractivity contribution is 5.44. The Labute approximate surface area is 88.8 Å². The van der Waals surface area contributed by atoms with Crippen LogP contribution in [-0.2, 0) is 6.42 Å². The summed E-state index contributed by atoms with van der Waals surface area (Å²) in [7, 11) is 0. The Morgan fingerprint density at radius 3 is 2.73 bits per heavy atom. The molecule has 0 bridgehead atoms. The molecule has 78 valence electrons. The molecule has 1 heterocycles. The number of aryl methyl sites for hydroxylation is 1. The standard InChI is InChI=1S/C11H14N4/c1-9-2-4-10(5-3-9)12-7-6-11-13-8-14-15-11/h2-5,8,12H,6-7H2,1H3,(H,13,14,15). The van der Waals surface area contributed by atoms with E-state index in [0.29, 0.717) is 0 Å². The summed E-state index contributed by atoms with van der Waals surface area (Å²) < 4.78 is 0. The van der Waals surface area contributed by atoms with Gasteiger partial charge in [0, 0.05) is 18.7 Å². The lowest BCUT2D eigenvalue weighted by molar-refractivity contribution is 0.901. The fraction of sp³-hybridized carbons (Fsp3) is 0.273. The van der Waals surface area contributed by atoms with Crippen LogP contribution in [0.2, 0.25) is 0 Å². The van der Waals surface area contributed by atoms with Crippen LogP contribution in [0.25, 0.3) is 0 Å². The first-order chi connectivity index (χ1) is 7.34. The lowest BCUT2D eigenvalue weighted by Crippen LogP contribution is -2.05. The van der Waals surface area contributed by atoms with Crippen molar-refractivity contribution in [2.24, 2.45) is 0 Å². The number of nitrogens with one attached hydrogen (secondary N) is 2. The first-order valence-electron chi connectivity index (χ1n) is 4.99. The van der Waals surface area contributed by atoms with Crippen molar-refractivity contribution in [2.75, 3.05) is 11.9 Å². The molecule has 0 radical (unpaired) electrons. The Balaban J connectivity index is 1.81. The molecule has 0 amide bonds. The van der Waals surface area contributed by atoms with E-state index in [1.165, 1.54) is 11.9 Å². The van der Waals surface area contributed by atoms with Crippen molar-refractivity contribution < 1.29 is 0 Å². The normalized spacial score (nSPS) is 10.2. The van der Waals surface area contributed by atoms with E-state index in [1.807, 2.05) is 0 Å². The fourth-order valence-electron chi connectivity index (χ4n) is 1.35. The molecule has 0 aliphatic heterocycles. The van der Waals surface area contributed by atoms with E-state index >= 15 is 0 Å². The molecule has 15 heavy (non-hydrogen) atoms. The van der Waals surface area contributed by atoms with Crippen molar-refractivity contribution in [3.63, 3.8) is 0 Å². The van der Waals surface area contributed by atoms with E-state index in [1.54, 1.807) is 0 Å². The van der Waals surface area contributed by atoms with Crippen LogP contribution in [0.5, 0.6) is 0 Å². The van der Waals surface area contributed by atoms with Crippen LogP contribution < -0.4 is 5.32 Å². The predicted octanol–water partition coefficient (Wildman–Crippen LogP) is 1.77. The third kappa shape index (κ3) is 2.80. The number of hydrogen-bond donors (Lipinski definition) is 2. The quantitative estimate of drug-likeness (QED) is 0.794. The number of rotatable bonds is 4. The maximum Gasteiger partial charge on any atom is 0.137 e. The van der Waals surface area contributed by atoms with Crippen LogP contribution in [0.15, 0.2) is 30.6 Å². The third-order valence-electron chi connectivity index (χ3n) is 2.21. The Kier molecular flexibility index (Phi) is 2.97. The Morgan fingerprint density at radius 2 is 2.07 bits per heavy atom. The Hall–Kier alpha value is -1.84. The molecule has 0 aliphatic rings. The van der Waals surface area contributed by atoms with E-state index in [2.05, 4.69) is 51.7 Å². The van der Waals surface area contributed by atoms with E-state index < -0.39 is 0 Å². The Morgan fingerprint density at radius 1 is 1.27 bits per heavy atom. The molecule has 0 spiro atoms. The number of aromatic amines is 1. The van der Waals surface area contributed by atoms with Crippen LogP contribution in [0.1, 0.15) is 11.4 Å². The molecule has 0 atom stereocenters. The van der Waals surface area contributed by atoms with Gasteiger partial charge >= 0.3 is 0 Å². The SMILES string of the molecule is Cc1ccc(NCCc2ncn[nH]2)cc1. The van der Waals surface area contributed by atoms with E-state index in [0.717, 1.165) is 24.5 Å². The third-order valence-corrected chi connectivity index (χ3v) is 2.21. The van der Waals surface area contributed by atoms with Gasteiger partial charge in [0.05, 0.1) is 0 Å². The zero-order valence-electron chi connectivity index (χ0n) is 8.70. The summed E-state index contributed by atoms with van der Waals surface area (Å²) in [6, 6.07) is 8.35.